The molecule has 0 N–H and O–H groups in total. The van der Waals surface area contributed by atoms with E-state index in [1.165, 1.54) is 16.7 Å². The van der Waals surface area contributed by atoms with Crippen LogP contribution in [-0.4, -0.2) is 14.2 Å². The Kier molecular flexibility index (Phi) is 3.61. The van der Waals surface area contributed by atoms with Gasteiger partial charge in [-0.05, 0) is 36.5 Å². The fraction of sp³-hybridized carbons (Fsp3) is 0.538. The first-order chi connectivity index (χ1) is 7.02. The Balaban J connectivity index is 3.46. The number of methoxy groups -OCH3 is 2. The lowest BCUT2D eigenvalue weighted by Gasteiger charge is -2.19. The number of ether oxygens (including phenoxy) is 2. The molecule has 1 rings (SSSR count). The average molecular weight is 208 g/mol. The van der Waals surface area contributed by atoms with Crippen LogP contribution in [0.3, 0.4) is 0 Å². The molecule has 2 heteroatoms. The minimum atomic E-state index is 0.481. The van der Waals surface area contributed by atoms with Crippen LogP contribution < -0.4 is 9.47 Å². The van der Waals surface area contributed by atoms with Gasteiger partial charge in [0.1, 0.15) is 11.5 Å². The molecule has 0 radical (unpaired) electrons. The molecule has 0 saturated heterocycles. The quantitative estimate of drug-likeness (QED) is 0.757. The highest BCUT2D eigenvalue weighted by Gasteiger charge is 2.15. The molecule has 2 nitrogen and oxygen atoms in total. The highest BCUT2D eigenvalue weighted by atomic mass is 16.5. The molecule has 0 atom stereocenters. The first-order valence-electron chi connectivity index (χ1n) is 5.25. The first kappa shape index (κ1) is 11.9. The van der Waals surface area contributed by atoms with Crippen LogP contribution in [0.15, 0.2) is 6.07 Å². The molecule has 84 valence electrons. The lowest BCUT2D eigenvalue weighted by atomic mass is 9.92. The molecule has 0 unspecified atom stereocenters. The van der Waals surface area contributed by atoms with Gasteiger partial charge in [0.2, 0.25) is 0 Å². The van der Waals surface area contributed by atoms with Gasteiger partial charge in [-0.3, -0.25) is 0 Å². The van der Waals surface area contributed by atoms with Crippen LogP contribution >= 0.6 is 0 Å². The van der Waals surface area contributed by atoms with Crippen molar-refractivity contribution in [3.63, 3.8) is 0 Å². The SMILES string of the molecule is COc1cc(OC)c(C)c(C(C)C)c1C. The summed E-state index contributed by atoms with van der Waals surface area (Å²) in [7, 11) is 3.39. The molecule has 0 bridgehead atoms. The van der Waals surface area contributed by atoms with E-state index in [9.17, 15) is 0 Å². The van der Waals surface area contributed by atoms with E-state index in [2.05, 4.69) is 27.7 Å². The van der Waals surface area contributed by atoms with Crippen molar-refractivity contribution in [1.29, 1.82) is 0 Å². The van der Waals surface area contributed by atoms with Crippen LogP contribution in [0.4, 0.5) is 0 Å². The molecule has 1 aromatic rings. The minimum absolute atomic E-state index is 0.481. The van der Waals surface area contributed by atoms with E-state index in [1.54, 1.807) is 14.2 Å². The fourth-order valence-corrected chi connectivity index (χ4v) is 2.17. The van der Waals surface area contributed by atoms with Gasteiger partial charge in [-0.25, -0.2) is 0 Å². The first-order valence-corrected chi connectivity index (χ1v) is 5.25. The summed E-state index contributed by atoms with van der Waals surface area (Å²) in [6.45, 7) is 8.57. The molecule has 0 aromatic heterocycles. The summed E-state index contributed by atoms with van der Waals surface area (Å²) >= 11 is 0. The average Bonchev–Trinajstić information content (AvgIpc) is 2.18. The van der Waals surface area contributed by atoms with Crippen molar-refractivity contribution in [3.8, 4) is 11.5 Å². The van der Waals surface area contributed by atoms with Crippen LogP contribution in [0.25, 0.3) is 0 Å². The van der Waals surface area contributed by atoms with Crippen molar-refractivity contribution in [2.45, 2.75) is 33.6 Å². The Morgan fingerprint density at radius 1 is 0.933 bits per heavy atom. The Hall–Kier alpha value is -1.18. The third kappa shape index (κ3) is 2.09. The van der Waals surface area contributed by atoms with E-state index in [1.807, 2.05) is 6.07 Å². The summed E-state index contributed by atoms with van der Waals surface area (Å²) in [6, 6.07) is 1.95. The van der Waals surface area contributed by atoms with Crippen LogP contribution in [0, 0.1) is 13.8 Å². The summed E-state index contributed by atoms with van der Waals surface area (Å²) in [5.74, 6) is 2.29. The van der Waals surface area contributed by atoms with E-state index >= 15 is 0 Å². The molecule has 0 spiro atoms. The maximum Gasteiger partial charge on any atom is 0.125 e. The predicted molar refractivity (Wildman–Crippen MR) is 63.1 cm³/mol. The summed E-state index contributed by atoms with van der Waals surface area (Å²) in [4.78, 5) is 0. The standard InChI is InChI=1S/C13H20O2/c1-8(2)13-9(3)11(14-5)7-12(15-6)10(13)4/h7-8H,1-6H3. The van der Waals surface area contributed by atoms with Gasteiger partial charge in [0.15, 0.2) is 0 Å². The van der Waals surface area contributed by atoms with Crippen LogP contribution in [0.5, 0.6) is 11.5 Å². The normalized spacial score (nSPS) is 10.6. The molecular weight excluding hydrogens is 188 g/mol. The zero-order valence-corrected chi connectivity index (χ0v) is 10.5. The van der Waals surface area contributed by atoms with Gasteiger partial charge in [0, 0.05) is 6.07 Å². The summed E-state index contributed by atoms with van der Waals surface area (Å²) in [6.07, 6.45) is 0. The number of hydrogen-bond donors (Lipinski definition) is 0. The molecule has 0 aliphatic rings. The Labute approximate surface area is 92.2 Å². The van der Waals surface area contributed by atoms with Gasteiger partial charge in [-0.2, -0.15) is 0 Å². The highest BCUT2D eigenvalue weighted by Crippen LogP contribution is 2.36. The van der Waals surface area contributed by atoms with Gasteiger partial charge < -0.3 is 9.47 Å². The van der Waals surface area contributed by atoms with Crippen molar-refractivity contribution in [3.05, 3.63) is 22.8 Å². The largest absolute Gasteiger partial charge is 0.496 e. The molecule has 0 saturated carbocycles. The molecule has 15 heavy (non-hydrogen) atoms. The zero-order chi connectivity index (χ0) is 11.6. The van der Waals surface area contributed by atoms with Gasteiger partial charge in [0.05, 0.1) is 14.2 Å². The van der Waals surface area contributed by atoms with Crippen molar-refractivity contribution in [1.82, 2.24) is 0 Å². The van der Waals surface area contributed by atoms with Crippen molar-refractivity contribution < 1.29 is 9.47 Å². The molecule has 0 aliphatic carbocycles. The number of rotatable bonds is 3. The van der Waals surface area contributed by atoms with Crippen molar-refractivity contribution >= 4 is 0 Å². The van der Waals surface area contributed by atoms with Crippen molar-refractivity contribution in [2.75, 3.05) is 14.2 Å². The van der Waals surface area contributed by atoms with Crippen LogP contribution in [-0.2, 0) is 0 Å². The van der Waals surface area contributed by atoms with E-state index in [0.717, 1.165) is 11.5 Å². The third-order valence-corrected chi connectivity index (χ3v) is 2.83. The van der Waals surface area contributed by atoms with Gasteiger partial charge in [-0.1, -0.05) is 13.8 Å². The Morgan fingerprint density at radius 2 is 1.33 bits per heavy atom. The summed E-state index contributed by atoms with van der Waals surface area (Å²) < 4.78 is 10.7. The topological polar surface area (TPSA) is 18.5 Å². The monoisotopic (exact) mass is 208 g/mol. The third-order valence-electron chi connectivity index (χ3n) is 2.83. The zero-order valence-electron chi connectivity index (χ0n) is 10.5. The van der Waals surface area contributed by atoms with Crippen molar-refractivity contribution in [2.24, 2.45) is 0 Å². The number of benzene rings is 1. The predicted octanol–water partition coefficient (Wildman–Crippen LogP) is 3.44. The molecule has 0 heterocycles. The second kappa shape index (κ2) is 4.56. The van der Waals surface area contributed by atoms with Gasteiger partial charge in [-0.15, -0.1) is 0 Å². The molecule has 1 aromatic carbocycles. The van der Waals surface area contributed by atoms with E-state index in [-0.39, 0.29) is 0 Å². The fourth-order valence-electron chi connectivity index (χ4n) is 2.17. The lowest BCUT2D eigenvalue weighted by Crippen LogP contribution is -2.02. The minimum Gasteiger partial charge on any atom is -0.496 e. The summed E-state index contributed by atoms with van der Waals surface area (Å²) in [5.41, 5.74) is 3.75. The molecular formula is C13H20O2. The van der Waals surface area contributed by atoms with E-state index in [4.69, 9.17) is 9.47 Å². The highest BCUT2D eigenvalue weighted by molar-refractivity contribution is 5.53. The Bertz CT molecular complexity index is 326. The van der Waals surface area contributed by atoms with Gasteiger partial charge in [0.25, 0.3) is 0 Å². The molecule has 0 amide bonds. The maximum atomic E-state index is 5.35. The second-order valence-corrected chi connectivity index (χ2v) is 4.10. The van der Waals surface area contributed by atoms with Crippen LogP contribution in [0.2, 0.25) is 0 Å². The second-order valence-electron chi connectivity index (χ2n) is 4.10. The molecule has 0 aliphatic heterocycles. The van der Waals surface area contributed by atoms with E-state index < -0.39 is 0 Å². The van der Waals surface area contributed by atoms with Crippen LogP contribution in [0.1, 0.15) is 36.5 Å². The lowest BCUT2D eigenvalue weighted by molar-refractivity contribution is 0.388. The Morgan fingerprint density at radius 3 is 1.60 bits per heavy atom. The smallest absolute Gasteiger partial charge is 0.125 e. The van der Waals surface area contributed by atoms with E-state index in [0.29, 0.717) is 5.92 Å². The molecule has 0 fully saturated rings. The number of hydrogen-bond acceptors (Lipinski definition) is 2. The summed E-state index contributed by atoms with van der Waals surface area (Å²) in [5, 5.41) is 0. The maximum absolute atomic E-state index is 5.35. The van der Waals surface area contributed by atoms with Gasteiger partial charge >= 0.3 is 0 Å².